The minimum atomic E-state index is -1.14. The summed E-state index contributed by atoms with van der Waals surface area (Å²) >= 11 is 12.3. The smallest absolute Gasteiger partial charge is 0.478 e. The Kier molecular flexibility index (Phi) is 16.1. The first kappa shape index (κ1) is 29.6. The molecule has 0 unspecified atom stereocenters. The Morgan fingerprint density at radius 3 is 1.76 bits per heavy atom. The van der Waals surface area contributed by atoms with Gasteiger partial charge in [-0.15, -0.1) is 0 Å². The number of benzene rings is 1. The molecule has 5 nitrogen and oxygen atoms in total. The molecular weight excluding hydrogens is 463 g/mol. The molecule has 1 aromatic rings. The van der Waals surface area contributed by atoms with Gasteiger partial charge in [-0.05, 0) is 24.5 Å². The molecule has 1 N–H and O–H groups in total. The van der Waals surface area contributed by atoms with E-state index in [1.807, 2.05) is 0 Å². The van der Waals surface area contributed by atoms with Gasteiger partial charge in [-0.2, -0.15) is 0 Å². The fourth-order valence-electron chi connectivity index (χ4n) is 3.83. The highest BCUT2D eigenvalue weighted by Gasteiger charge is 2.22. The van der Waals surface area contributed by atoms with Gasteiger partial charge in [0.05, 0.1) is 22.2 Å². The van der Waals surface area contributed by atoms with Crippen molar-refractivity contribution in [1.82, 2.24) is 0 Å². The maximum absolute atomic E-state index is 12.0. The van der Waals surface area contributed by atoms with Gasteiger partial charge in [-0.25, -0.2) is 9.59 Å². The predicted octanol–water partition coefficient (Wildman–Crippen LogP) is 9.25. The van der Waals surface area contributed by atoms with Crippen molar-refractivity contribution in [2.75, 3.05) is 6.61 Å². The molecule has 0 amide bonds. The van der Waals surface area contributed by atoms with Crippen molar-refractivity contribution in [3.05, 3.63) is 27.2 Å². The van der Waals surface area contributed by atoms with Gasteiger partial charge in [0.15, 0.2) is 5.75 Å². The lowest BCUT2D eigenvalue weighted by atomic mass is 10.0. The molecule has 1 aromatic carbocycles. The SMILES string of the molecule is CCCCCCCCCCCCCCCCOC(=O)Oc1c(Cl)cc(C(=O)O)c(CC)c1Cl. The van der Waals surface area contributed by atoms with Crippen LogP contribution in [-0.4, -0.2) is 23.8 Å². The number of rotatable bonds is 18. The number of carboxylic acids is 1. The van der Waals surface area contributed by atoms with Crippen molar-refractivity contribution in [1.29, 1.82) is 0 Å². The monoisotopic (exact) mass is 502 g/mol. The van der Waals surface area contributed by atoms with Gasteiger partial charge in [-0.1, -0.05) is 121 Å². The highest BCUT2D eigenvalue weighted by molar-refractivity contribution is 6.38. The minimum absolute atomic E-state index is 0.00405. The number of ether oxygens (including phenoxy) is 2. The Morgan fingerprint density at radius 1 is 0.818 bits per heavy atom. The molecule has 0 atom stereocenters. The Bertz CT molecular complexity index is 721. The fourth-order valence-corrected chi connectivity index (χ4v) is 4.50. The molecule has 0 radical (unpaired) electrons. The number of halogens is 2. The lowest BCUT2D eigenvalue weighted by Crippen LogP contribution is -2.13. The first-order valence-corrected chi connectivity index (χ1v) is 13.3. The van der Waals surface area contributed by atoms with Crippen molar-refractivity contribution in [2.45, 2.75) is 110 Å². The van der Waals surface area contributed by atoms with Gasteiger partial charge in [-0.3, -0.25) is 0 Å². The Hall–Kier alpha value is -1.46. The molecule has 0 fully saturated rings. The van der Waals surface area contributed by atoms with Gasteiger partial charge in [0, 0.05) is 0 Å². The van der Waals surface area contributed by atoms with E-state index in [9.17, 15) is 14.7 Å². The zero-order valence-corrected chi connectivity index (χ0v) is 21.7. The molecule has 0 spiro atoms. The maximum Gasteiger partial charge on any atom is 0.513 e. The third kappa shape index (κ3) is 12.0. The third-order valence-corrected chi connectivity index (χ3v) is 6.45. The Labute approximate surface area is 209 Å². The van der Waals surface area contributed by atoms with Crippen molar-refractivity contribution in [3.63, 3.8) is 0 Å². The highest BCUT2D eigenvalue weighted by atomic mass is 35.5. The average molecular weight is 504 g/mol. The summed E-state index contributed by atoms with van der Waals surface area (Å²) in [5, 5.41) is 9.26. The lowest BCUT2D eigenvalue weighted by Gasteiger charge is -2.13. The molecule has 33 heavy (non-hydrogen) atoms. The van der Waals surface area contributed by atoms with E-state index in [2.05, 4.69) is 6.92 Å². The first-order valence-electron chi connectivity index (χ1n) is 12.5. The van der Waals surface area contributed by atoms with Crippen LogP contribution in [0.4, 0.5) is 4.79 Å². The lowest BCUT2D eigenvalue weighted by molar-refractivity contribution is 0.0695. The van der Waals surface area contributed by atoms with Crippen LogP contribution in [0.25, 0.3) is 0 Å². The van der Waals surface area contributed by atoms with Crippen molar-refractivity contribution < 1.29 is 24.2 Å². The van der Waals surface area contributed by atoms with Crippen molar-refractivity contribution in [2.24, 2.45) is 0 Å². The summed E-state index contributed by atoms with van der Waals surface area (Å²) in [5.41, 5.74) is 0.360. The molecule has 0 heterocycles. The van der Waals surface area contributed by atoms with Crippen LogP contribution < -0.4 is 4.74 Å². The van der Waals surface area contributed by atoms with E-state index in [1.54, 1.807) is 6.92 Å². The van der Waals surface area contributed by atoms with Crippen LogP contribution >= 0.6 is 23.2 Å². The van der Waals surface area contributed by atoms with E-state index < -0.39 is 12.1 Å². The molecule has 0 saturated carbocycles. The van der Waals surface area contributed by atoms with Gasteiger partial charge in [0.25, 0.3) is 0 Å². The van der Waals surface area contributed by atoms with E-state index in [0.29, 0.717) is 12.0 Å². The number of carbonyl (C=O) groups is 2. The van der Waals surface area contributed by atoms with Crippen molar-refractivity contribution in [3.8, 4) is 5.75 Å². The van der Waals surface area contributed by atoms with Crippen LogP contribution in [0.1, 0.15) is 120 Å². The fraction of sp³-hybridized carbons (Fsp3) is 0.692. The van der Waals surface area contributed by atoms with Gasteiger partial charge in [0.2, 0.25) is 0 Å². The Morgan fingerprint density at radius 2 is 1.30 bits per heavy atom. The second-order valence-electron chi connectivity index (χ2n) is 8.48. The molecule has 0 aliphatic rings. The molecular formula is C26H40Cl2O5. The van der Waals surface area contributed by atoms with Gasteiger partial charge in [0.1, 0.15) is 0 Å². The van der Waals surface area contributed by atoms with E-state index in [0.717, 1.165) is 19.3 Å². The minimum Gasteiger partial charge on any atom is -0.478 e. The number of hydrogen-bond acceptors (Lipinski definition) is 4. The standard InChI is InChI=1S/C26H40Cl2O5/c1-3-5-6-7-8-9-10-11-12-13-14-15-16-17-18-32-26(31)33-24-22(27)19-21(25(29)30)20(4-2)23(24)28/h19H,3-18H2,1-2H3,(H,29,30). The largest absolute Gasteiger partial charge is 0.513 e. The van der Waals surface area contributed by atoms with E-state index in [-0.39, 0.29) is 28.0 Å². The summed E-state index contributed by atoms with van der Waals surface area (Å²) in [6.07, 6.45) is 17.1. The zero-order chi connectivity index (χ0) is 24.5. The summed E-state index contributed by atoms with van der Waals surface area (Å²) in [6, 6.07) is 1.24. The number of carboxylic acid groups (broad SMARTS) is 1. The van der Waals surface area contributed by atoms with Crippen LogP contribution in [-0.2, 0) is 11.2 Å². The molecule has 0 bridgehead atoms. The number of hydrogen-bond donors (Lipinski definition) is 1. The van der Waals surface area contributed by atoms with Crippen LogP contribution in [0.15, 0.2) is 6.07 Å². The number of unbranched alkanes of at least 4 members (excludes halogenated alkanes) is 13. The van der Waals surface area contributed by atoms with E-state index >= 15 is 0 Å². The highest BCUT2D eigenvalue weighted by Crippen LogP contribution is 2.38. The van der Waals surface area contributed by atoms with Gasteiger partial charge >= 0.3 is 12.1 Å². The average Bonchev–Trinajstić information content (AvgIpc) is 2.78. The Balaban J connectivity index is 2.14. The van der Waals surface area contributed by atoms with E-state index in [4.69, 9.17) is 32.7 Å². The summed E-state index contributed by atoms with van der Waals surface area (Å²) in [5.74, 6) is -1.20. The molecule has 0 aliphatic carbocycles. The van der Waals surface area contributed by atoms with Crippen LogP contribution in [0.3, 0.4) is 0 Å². The van der Waals surface area contributed by atoms with Crippen LogP contribution in [0.2, 0.25) is 10.0 Å². The van der Waals surface area contributed by atoms with Crippen LogP contribution in [0, 0.1) is 0 Å². The maximum atomic E-state index is 12.0. The van der Waals surface area contributed by atoms with Gasteiger partial charge < -0.3 is 14.6 Å². The summed E-state index contributed by atoms with van der Waals surface area (Å²) in [7, 11) is 0. The predicted molar refractivity (Wildman–Crippen MR) is 135 cm³/mol. The topological polar surface area (TPSA) is 72.8 Å². The summed E-state index contributed by atoms with van der Waals surface area (Å²) in [6.45, 7) is 4.28. The first-order chi connectivity index (χ1) is 15.9. The summed E-state index contributed by atoms with van der Waals surface area (Å²) in [4.78, 5) is 23.3. The number of carbonyl (C=O) groups excluding carboxylic acids is 1. The van der Waals surface area contributed by atoms with Crippen molar-refractivity contribution >= 4 is 35.3 Å². The molecule has 188 valence electrons. The van der Waals surface area contributed by atoms with Crippen LogP contribution in [0.5, 0.6) is 5.75 Å². The normalized spacial score (nSPS) is 10.9. The number of aromatic carboxylic acids is 1. The molecule has 0 aliphatic heterocycles. The summed E-state index contributed by atoms with van der Waals surface area (Å²) < 4.78 is 10.3. The zero-order valence-electron chi connectivity index (χ0n) is 20.2. The third-order valence-electron chi connectivity index (χ3n) is 5.76. The molecule has 7 heteroatoms. The second kappa shape index (κ2) is 17.9. The molecule has 0 saturated heterocycles. The molecule has 1 rings (SSSR count). The van der Waals surface area contributed by atoms with E-state index in [1.165, 1.54) is 76.7 Å². The second-order valence-corrected chi connectivity index (χ2v) is 9.27. The quantitative estimate of drug-likeness (QED) is 0.123. The molecule has 0 aromatic heterocycles.